The van der Waals surface area contributed by atoms with Crippen LogP contribution in [0.15, 0.2) is 121 Å². The van der Waals surface area contributed by atoms with Gasteiger partial charge in [-0.25, -0.2) is 0 Å². The van der Waals surface area contributed by atoms with Crippen LogP contribution in [0.2, 0.25) is 0 Å². The molecule has 0 bridgehead atoms. The van der Waals surface area contributed by atoms with Crippen LogP contribution in [0.1, 0.15) is 0 Å². The summed E-state index contributed by atoms with van der Waals surface area (Å²) >= 11 is 3.83. The molecule has 6 aromatic rings. The van der Waals surface area contributed by atoms with Crippen molar-refractivity contribution in [3.63, 3.8) is 0 Å². The van der Waals surface area contributed by atoms with Crippen molar-refractivity contribution in [1.82, 2.24) is 0 Å². The summed E-state index contributed by atoms with van der Waals surface area (Å²) in [6.45, 7) is 0.288. The zero-order valence-corrected chi connectivity index (χ0v) is 20.1. The topological polar surface area (TPSA) is 16.4 Å². The third kappa shape index (κ3) is 2.35. The predicted molar refractivity (Wildman–Crippen MR) is 148 cm³/mol. The lowest BCUT2D eigenvalue weighted by atomic mass is 9.34. The van der Waals surface area contributed by atoms with Crippen molar-refractivity contribution < 1.29 is 4.42 Å². The molecule has 0 amide bonds. The van der Waals surface area contributed by atoms with Crippen LogP contribution in [-0.4, -0.2) is 6.71 Å². The maximum absolute atomic E-state index is 6.14. The average Bonchev–Trinajstić information content (AvgIpc) is 3.27. The molecule has 162 valence electrons. The molecule has 0 radical (unpaired) electrons. The van der Waals surface area contributed by atoms with Crippen molar-refractivity contribution in [2.75, 3.05) is 4.90 Å². The van der Waals surface area contributed by atoms with E-state index in [1.807, 2.05) is 35.7 Å². The summed E-state index contributed by atoms with van der Waals surface area (Å²) in [5.74, 6) is 0. The predicted octanol–water partition coefficient (Wildman–Crippen LogP) is 6.81. The molecule has 0 N–H and O–H groups in total. The Morgan fingerprint density at radius 2 is 1.14 bits per heavy atom. The van der Waals surface area contributed by atoms with Gasteiger partial charge in [-0.05, 0) is 77.1 Å². The van der Waals surface area contributed by atoms with Crippen LogP contribution >= 0.6 is 23.5 Å². The minimum Gasteiger partial charge on any atom is -0.456 e. The maximum atomic E-state index is 6.14. The Kier molecular flexibility index (Phi) is 3.52. The van der Waals surface area contributed by atoms with E-state index < -0.39 is 0 Å². The van der Waals surface area contributed by atoms with Crippen LogP contribution in [0, 0.1) is 0 Å². The normalized spacial score (nSPS) is 14.5. The van der Waals surface area contributed by atoms with Crippen LogP contribution in [-0.2, 0) is 0 Å². The molecule has 9 rings (SSSR count). The van der Waals surface area contributed by atoms with Crippen LogP contribution in [0.4, 0.5) is 17.1 Å². The molecule has 0 saturated carbocycles. The average molecular weight is 481 g/mol. The Hall–Kier alpha value is -3.54. The lowest BCUT2D eigenvalue weighted by Gasteiger charge is -2.43. The summed E-state index contributed by atoms with van der Waals surface area (Å²) in [6.07, 6.45) is 0. The smallest absolute Gasteiger partial charge is 0.252 e. The van der Waals surface area contributed by atoms with Gasteiger partial charge in [-0.2, -0.15) is 0 Å². The number of para-hydroxylation sites is 1. The van der Waals surface area contributed by atoms with E-state index in [9.17, 15) is 0 Å². The molecule has 0 atom stereocenters. The lowest BCUT2D eigenvalue weighted by molar-refractivity contribution is 0.669. The van der Waals surface area contributed by atoms with Crippen molar-refractivity contribution in [1.29, 1.82) is 0 Å². The Morgan fingerprint density at radius 1 is 0.543 bits per heavy atom. The molecule has 5 heteroatoms. The molecule has 0 fully saturated rings. The van der Waals surface area contributed by atoms with Gasteiger partial charge in [-0.3, -0.25) is 0 Å². The van der Waals surface area contributed by atoms with Gasteiger partial charge >= 0.3 is 0 Å². The first-order valence-electron chi connectivity index (χ1n) is 11.8. The van der Waals surface area contributed by atoms with Crippen molar-refractivity contribution in [2.45, 2.75) is 19.6 Å². The van der Waals surface area contributed by atoms with Gasteiger partial charge in [-0.15, -0.1) is 0 Å². The van der Waals surface area contributed by atoms with Crippen molar-refractivity contribution in [3.8, 4) is 0 Å². The first kappa shape index (κ1) is 18.8. The van der Waals surface area contributed by atoms with Crippen molar-refractivity contribution in [2.24, 2.45) is 0 Å². The summed E-state index contributed by atoms with van der Waals surface area (Å²) in [5.41, 5.74) is 9.96. The second-order valence-electron chi connectivity index (χ2n) is 9.30. The third-order valence-electron chi connectivity index (χ3n) is 7.52. The number of benzene rings is 5. The van der Waals surface area contributed by atoms with E-state index in [1.165, 1.54) is 53.0 Å². The molecule has 3 aliphatic heterocycles. The van der Waals surface area contributed by atoms with Gasteiger partial charge in [0.1, 0.15) is 11.2 Å². The van der Waals surface area contributed by atoms with E-state index in [4.69, 9.17) is 4.42 Å². The largest absolute Gasteiger partial charge is 0.456 e. The molecule has 2 nitrogen and oxygen atoms in total. The number of hydrogen-bond donors (Lipinski definition) is 0. The Bertz CT molecular complexity index is 1820. The number of hydrogen-bond acceptors (Lipinski definition) is 4. The van der Waals surface area contributed by atoms with Gasteiger partial charge in [0.2, 0.25) is 0 Å². The van der Waals surface area contributed by atoms with E-state index in [2.05, 4.69) is 89.8 Å². The van der Waals surface area contributed by atoms with E-state index >= 15 is 0 Å². The molecule has 0 aliphatic carbocycles. The molecule has 3 aliphatic rings. The van der Waals surface area contributed by atoms with Crippen molar-refractivity contribution in [3.05, 3.63) is 97.1 Å². The lowest BCUT2D eigenvalue weighted by Crippen LogP contribution is -2.62. The van der Waals surface area contributed by atoms with Crippen LogP contribution in [0.25, 0.3) is 21.9 Å². The number of rotatable bonds is 1. The summed E-state index contributed by atoms with van der Waals surface area (Å²) in [7, 11) is 0. The van der Waals surface area contributed by atoms with E-state index in [0.717, 1.165) is 21.9 Å². The standard InChI is InChI=1S/C30H16BNOS2/c1-2-9-22-18(6-1)19-16-17(14-15-23(19)33-22)32-20-7-3-10-24-28(20)31-29-21(32)8-4-11-25(29)35-27-13-5-12-26(34-24)30(27)31/h1-16H. The Morgan fingerprint density at radius 3 is 1.86 bits per heavy atom. The SMILES string of the molecule is c1cc2c3c(c1)Sc1cccc4c1B3c1c(cccc1N4c1ccc3oc4ccccc4c3c1)S2. The molecular weight excluding hydrogens is 465 g/mol. The van der Waals surface area contributed by atoms with Crippen LogP contribution in [0.3, 0.4) is 0 Å². The van der Waals surface area contributed by atoms with Gasteiger partial charge in [0.05, 0.1) is 0 Å². The summed E-state index contributed by atoms with van der Waals surface area (Å²) in [6, 6.07) is 35.3. The highest BCUT2D eigenvalue weighted by Gasteiger charge is 2.45. The summed E-state index contributed by atoms with van der Waals surface area (Å²) in [5, 5.41) is 2.32. The fourth-order valence-electron chi connectivity index (χ4n) is 6.13. The van der Waals surface area contributed by atoms with E-state index in [0.29, 0.717) is 0 Å². The highest BCUT2D eigenvalue weighted by molar-refractivity contribution is 8.01. The number of nitrogens with zero attached hydrogens (tertiary/aromatic N) is 1. The monoisotopic (exact) mass is 481 g/mol. The highest BCUT2D eigenvalue weighted by atomic mass is 32.2. The second-order valence-corrected chi connectivity index (χ2v) is 11.5. The summed E-state index contributed by atoms with van der Waals surface area (Å²) in [4.78, 5) is 7.98. The minimum atomic E-state index is 0.288. The first-order valence-corrected chi connectivity index (χ1v) is 13.4. The van der Waals surface area contributed by atoms with E-state index in [-0.39, 0.29) is 6.71 Å². The molecule has 35 heavy (non-hydrogen) atoms. The highest BCUT2D eigenvalue weighted by Crippen LogP contribution is 2.47. The molecule has 0 saturated heterocycles. The number of anilines is 3. The fourth-order valence-corrected chi connectivity index (χ4v) is 8.60. The van der Waals surface area contributed by atoms with Gasteiger partial charge < -0.3 is 9.32 Å². The molecule has 0 spiro atoms. The van der Waals surface area contributed by atoms with Gasteiger partial charge in [0.25, 0.3) is 6.71 Å². The molecule has 1 aromatic heterocycles. The van der Waals surface area contributed by atoms with Gasteiger partial charge in [0.15, 0.2) is 0 Å². The quantitative estimate of drug-likeness (QED) is 0.239. The molecule has 0 unspecified atom stereocenters. The zero-order valence-electron chi connectivity index (χ0n) is 18.5. The Labute approximate surface area is 211 Å². The van der Waals surface area contributed by atoms with Crippen LogP contribution in [0.5, 0.6) is 0 Å². The summed E-state index contributed by atoms with van der Waals surface area (Å²) < 4.78 is 6.14. The molecule has 5 aromatic carbocycles. The van der Waals surface area contributed by atoms with Gasteiger partial charge in [0, 0.05) is 47.4 Å². The third-order valence-corrected chi connectivity index (χ3v) is 9.82. The van der Waals surface area contributed by atoms with Crippen LogP contribution < -0.4 is 21.3 Å². The number of furan rings is 1. The fraction of sp³-hybridized carbons (Fsp3) is 0. The molecular formula is C30H16BNOS2. The minimum absolute atomic E-state index is 0.288. The first-order chi connectivity index (χ1) is 17.3. The molecule has 4 heterocycles. The van der Waals surface area contributed by atoms with Gasteiger partial charge in [-0.1, -0.05) is 59.9 Å². The Balaban J connectivity index is 1.37. The maximum Gasteiger partial charge on any atom is 0.252 e. The zero-order chi connectivity index (χ0) is 22.7. The van der Waals surface area contributed by atoms with Crippen molar-refractivity contribution >= 4 is 85.6 Å². The van der Waals surface area contributed by atoms with E-state index in [1.54, 1.807) is 0 Å². The second kappa shape index (κ2) is 6.57. The number of fused-ring (bicyclic) bond motifs is 3.